The van der Waals surface area contributed by atoms with Crippen molar-refractivity contribution in [2.24, 2.45) is 0 Å². The van der Waals surface area contributed by atoms with Gasteiger partial charge in [-0.3, -0.25) is 14.4 Å². The van der Waals surface area contributed by atoms with Crippen LogP contribution in [0.3, 0.4) is 0 Å². The van der Waals surface area contributed by atoms with Crippen molar-refractivity contribution in [3.8, 4) is 12.3 Å². The Bertz CT molecular complexity index is 598. The molecule has 0 atom stereocenters. The number of carbonyl (C=O) groups is 3. The van der Waals surface area contributed by atoms with Crippen molar-refractivity contribution in [3.05, 3.63) is 29.3 Å². The molecule has 1 aromatic carbocycles. The van der Waals surface area contributed by atoms with Crippen LogP contribution in [0, 0.1) is 12.3 Å². The summed E-state index contributed by atoms with van der Waals surface area (Å²) in [5.41, 5.74) is 0.618. The van der Waals surface area contributed by atoms with Crippen molar-refractivity contribution in [3.63, 3.8) is 0 Å². The lowest BCUT2D eigenvalue weighted by Gasteiger charge is -2.06. The van der Waals surface area contributed by atoms with Crippen molar-refractivity contribution in [2.75, 3.05) is 30.0 Å². The van der Waals surface area contributed by atoms with Gasteiger partial charge >= 0.3 is 5.97 Å². The van der Waals surface area contributed by atoms with E-state index >= 15 is 0 Å². The fourth-order valence-electron chi connectivity index (χ4n) is 1.35. The van der Waals surface area contributed by atoms with Gasteiger partial charge in [0.2, 0.25) is 5.91 Å². The van der Waals surface area contributed by atoms with Crippen molar-refractivity contribution in [1.29, 1.82) is 0 Å². The van der Waals surface area contributed by atoms with E-state index in [1.807, 2.05) is 0 Å². The van der Waals surface area contributed by atoms with Crippen LogP contribution in [0.15, 0.2) is 24.3 Å². The van der Waals surface area contributed by atoms with E-state index < -0.39 is 18.5 Å². The summed E-state index contributed by atoms with van der Waals surface area (Å²) in [6.07, 6.45) is 4.97. The molecular weight excluding hydrogens is 340 g/mol. The third-order valence-corrected chi connectivity index (χ3v) is 3.49. The summed E-state index contributed by atoms with van der Waals surface area (Å²) >= 11 is 6.82. The zero-order chi connectivity index (χ0) is 17.1. The molecule has 8 heteroatoms. The maximum Gasteiger partial charge on any atom is 0.316 e. The summed E-state index contributed by atoms with van der Waals surface area (Å²) in [4.78, 5) is 34.2. The Morgan fingerprint density at radius 3 is 2.52 bits per heavy atom. The molecule has 2 amide bonds. The molecule has 23 heavy (non-hydrogen) atoms. The number of terminal acetylenes is 1. The van der Waals surface area contributed by atoms with E-state index in [9.17, 15) is 14.4 Å². The van der Waals surface area contributed by atoms with Crippen molar-refractivity contribution < 1.29 is 19.1 Å². The molecule has 0 heterocycles. The molecule has 0 bridgehead atoms. The number of anilines is 1. The number of halogens is 1. The maximum absolute atomic E-state index is 11.7. The lowest BCUT2D eigenvalue weighted by atomic mass is 10.3. The highest BCUT2D eigenvalue weighted by Gasteiger charge is 2.09. The molecule has 0 spiro atoms. The lowest BCUT2D eigenvalue weighted by Crippen LogP contribution is -2.29. The number of ether oxygens (including phenoxy) is 1. The van der Waals surface area contributed by atoms with E-state index in [-0.39, 0.29) is 24.0 Å². The Hall–Kier alpha value is -2.17. The van der Waals surface area contributed by atoms with Crippen molar-refractivity contribution >= 4 is 46.8 Å². The van der Waals surface area contributed by atoms with Gasteiger partial charge in [0.25, 0.3) is 5.91 Å². The first kappa shape index (κ1) is 18.9. The van der Waals surface area contributed by atoms with Crippen LogP contribution in [0.1, 0.15) is 0 Å². The Kier molecular flexibility index (Phi) is 8.65. The first-order chi connectivity index (χ1) is 11.0. The number of esters is 1. The zero-order valence-electron chi connectivity index (χ0n) is 12.1. The van der Waals surface area contributed by atoms with Gasteiger partial charge in [-0.25, -0.2) is 0 Å². The summed E-state index contributed by atoms with van der Waals surface area (Å²) in [6.45, 7) is -0.311. The number of thioether (sulfide) groups is 1. The molecule has 1 aromatic rings. The number of rotatable bonds is 8. The number of carbonyl (C=O) groups excluding carboxylic acids is 3. The summed E-state index contributed by atoms with van der Waals surface area (Å²) in [5, 5.41) is 5.60. The molecule has 0 saturated heterocycles. The van der Waals surface area contributed by atoms with E-state index in [0.717, 1.165) is 11.8 Å². The van der Waals surface area contributed by atoms with Gasteiger partial charge in [-0.1, -0.05) is 17.5 Å². The predicted molar refractivity (Wildman–Crippen MR) is 90.2 cm³/mol. The highest BCUT2D eigenvalue weighted by Crippen LogP contribution is 2.13. The SMILES string of the molecule is C#CCNC(=O)COC(=O)CSCC(=O)Nc1ccc(Cl)cc1. The first-order valence-corrected chi connectivity index (χ1v) is 8.03. The number of nitrogens with one attached hydrogen (secondary N) is 2. The quantitative estimate of drug-likeness (QED) is 0.543. The van der Waals surface area contributed by atoms with Gasteiger partial charge < -0.3 is 15.4 Å². The Morgan fingerprint density at radius 1 is 1.17 bits per heavy atom. The van der Waals surface area contributed by atoms with Gasteiger partial charge in [-0.2, -0.15) is 0 Å². The topological polar surface area (TPSA) is 84.5 Å². The van der Waals surface area contributed by atoms with Gasteiger partial charge in [0, 0.05) is 10.7 Å². The molecule has 0 fully saturated rings. The molecule has 0 radical (unpaired) electrons. The molecule has 0 aliphatic carbocycles. The van der Waals surface area contributed by atoms with Crippen LogP contribution in [-0.2, 0) is 19.1 Å². The molecule has 0 aromatic heterocycles. The average molecular weight is 355 g/mol. The Morgan fingerprint density at radius 2 is 1.87 bits per heavy atom. The van der Waals surface area contributed by atoms with Crippen LogP contribution in [0.2, 0.25) is 5.02 Å². The second kappa shape index (κ2) is 10.5. The second-order valence-electron chi connectivity index (χ2n) is 4.19. The standard InChI is InChI=1S/C15H15ClN2O4S/c1-2-7-17-13(19)8-22-15(21)10-23-9-14(20)18-12-5-3-11(16)4-6-12/h1,3-6H,7-10H2,(H,17,19)(H,18,20). The van der Waals surface area contributed by atoms with E-state index in [0.29, 0.717) is 10.7 Å². The minimum atomic E-state index is -0.579. The molecule has 0 saturated carbocycles. The highest BCUT2D eigenvalue weighted by molar-refractivity contribution is 8.00. The smallest absolute Gasteiger partial charge is 0.316 e. The van der Waals surface area contributed by atoms with Crippen LogP contribution in [0.4, 0.5) is 5.69 Å². The van der Waals surface area contributed by atoms with Crippen LogP contribution in [-0.4, -0.2) is 42.4 Å². The van der Waals surface area contributed by atoms with E-state index in [1.54, 1.807) is 24.3 Å². The number of hydrogen-bond acceptors (Lipinski definition) is 5. The second-order valence-corrected chi connectivity index (χ2v) is 5.61. The molecule has 1 rings (SSSR count). The third-order valence-electron chi connectivity index (χ3n) is 2.33. The Balaban J connectivity index is 2.16. The minimum absolute atomic E-state index is 0.0313. The largest absolute Gasteiger partial charge is 0.455 e. The fourth-order valence-corrected chi connectivity index (χ4v) is 2.08. The lowest BCUT2D eigenvalue weighted by molar-refractivity contribution is -0.145. The van der Waals surface area contributed by atoms with E-state index in [1.165, 1.54) is 0 Å². The van der Waals surface area contributed by atoms with Gasteiger partial charge in [-0.15, -0.1) is 18.2 Å². The number of amides is 2. The summed E-state index contributed by atoms with van der Waals surface area (Å²) in [5.74, 6) is 0.979. The zero-order valence-corrected chi connectivity index (χ0v) is 13.7. The van der Waals surface area contributed by atoms with Crippen molar-refractivity contribution in [2.45, 2.75) is 0 Å². The summed E-state index contributed by atoms with van der Waals surface area (Å²) in [7, 11) is 0. The fraction of sp³-hybridized carbons (Fsp3) is 0.267. The number of hydrogen-bond donors (Lipinski definition) is 2. The molecular formula is C15H15ClN2O4S. The first-order valence-electron chi connectivity index (χ1n) is 6.50. The van der Waals surface area contributed by atoms with Crippen LogP contribution < -0.4 is 10.6 Å². The van der Waals surface area contributed by atoms with E-state index in [4.69, 9.17) is 22.8 Å². The summed E-state index contributed by atoms with van der Waals surface area (Å²) < 4.78 is 4.73. The normalized spacial score (nSPS) is 9.57. The molecule has 0 aliphatic rings. The van der Waals surface area contributed by atoms with Crippen LogP contribution in [0.5, 0.6) is 0 Å². The van der Waals surface area contributed by atoms with Crippen LogP contribution >= 0.6 is 23.4 Å². The molecule has 0 aliphatic heterocycles. The van der Waals surface area contributed by atoms with Gasteiger partial charge in [-0.05, 0) is 24.3 Å². The molecule has 2 N–H and O–H groups in total. The molecule has 122 valence electrons. The van der Waals surface area contributed by atoms with E-state index in [2.05, 4.69) is 16.6 Å². The molecule has 0 unspecified atom stereocenters. The maximum atomic E-state index is 11.7. The van der Waals surface area contributed by atoms with Crippen molar-refractivity contribution in [1.82, 2.24) is 5.32 Å². The molecule has 6 nitrogen and oxygen atoms in total. The van der Waals surface area contributed by atoms with Crippen LogP contribution in [0.25, 0.3) is 0 Å². The van der Waals surface area contributed by atoms with Gasteiger partial charge in [0.15, 0.2) is 6.61 Å². The average Bonchev–Trinajstić information content (AvgIpc) is 2.53. The van der Waals surface area contributed by atoms with Gasteiger partial charge in [0.05, 0.1) is 18.1 Å². The summed E-state index contributed by atoms with van der Waals surface area (Å²) in [6, 6.07) is 6.67. The predicted octanol–water partition coefficient (Wildman–Crippen LogP) is 1.30. The Labute approximate surface area is 143 Å². The number of benzene rings is 1. The highest BCUT2D eigenvalue weighted by atomic mass is 35.5. The monoisotopic (exact) mass is 354 g/mol. The minimum Gasteiger partial charge on any atom is -0.455 e. The van der Waals surface area contributed by atoms with Gasteiger partial charge in [0.1, 0.15) is 0 Å². The third kappa shape index (κ3) is 8.76.